The molecule has 2 fully saturated rings. The number of aryl methyl sites for hydroxylation is 1. The molecule has 5 rings (SSSR count). The monoisotopic (exact) mass is 438 g/mol. The molecule has 1 saturated carbocycles. The molecule has 1 aliphatic carbocycles. The molecule has 0 unspecified atom stereocenters. The van der Waals surface area contributed by atoms with E-state index in [1.54, 1.807) is 12.4 Å². The van der Waals surface area contributed by atoms with Crippen LogP contribution in [0.15, 0.2) is 24.5 Å². The van der Waals surface area contributed by atoms with Crippen molar-refractivity contribution in [2.75, 3.05) is 31.6 Å². The van der Waals surface area contributed by atoms with E-state index in [1.807, 2.05) is 19.1 Å². The van der Waals surface area contributed by atoms with E-state index in [9.17, 15) is 4.79 Å². The van der Waals surface area contributed by atoms with Gasteiger partial charge in [0.2, 0.25) is 5.91 Å². The summed E-state index contributed by atoms with van der Waals surface area (Å²) in [4.78, 5) is 24.3. The summed E-state index contributed by atoms with van der Waals surface area (Å²) in [5.74, 6) is 0.681. The first-order chi connectivity index (χ1) is 15.2. The molecule has 31 heavy (non-hydrogen) atoms. The van der Waals surface area contributed by atoms with Gasteiger partial charge in [-0.1, -0.05) is 11.3 Å². The van der Waals surface area contributed by atoms with Gasteiger partial charge in [-0.2, -0.15) is 0 Å². The Morgan fingerprint density at radius 2 is 1.90 bits per heavy atom. The van der Waals surface area contributed by atoms with Gasteiger partial charge in [0.1, 0.15) is 15.8 Å². The van der Waals surface area contributed by atoms with Crippen LogP contribution >= 0.6 is 11.3 Å². The molecular formula is C22H26N6O2S. The van der Waals surface area contributed by atoms with Gasteiger partial charge in [0, 0.05) is 42.2 Å². The van der Waals surface area contributed by atoms with Gasteiger partial charge in [0.05, 0.1) is 24.9 Å². The summed E-state index contributed by atoms with van der Waals surface area (Å²) in [5, 5.41) is 14.0. The van der Waals surface area contributed by atoms with E-state index in [0.29, 0.717) is 11.9 Å². The van der Waals surface area contributed by atoms with Crippen LogP contribution in [0.3, 0.4) is 0 Å². The topological polar surface area (TPSA) is 93.1 Å². The minimum atomic E-state index is 0.0450. The third-order valence-corrected chi connectivity index (χ3v) is 7.11. The number of nitrogens with zero attached hydrogens (tertiary/aromatic N) is 5. The highest BCUT2D eigenvalue weighted by molar-refractivity contribution is 7.14. The van der Waals surface area contributed by atoms with Crippen LogP contribution in [0, 0.1) is 12.8 Å². The molecule has 1 aliphatic heterocycles. The zero-order valence-corrected chi connectivity index (χ0v) is 18.4. The molecule has 0 radical (unpaired) electrons. The van der Waals surface area contributed by atoms with E-state index in [1.165, 1.54) is 11.3 Å². The van der Waals surface area contributed by atoms with Gasteiger partial charge in [-0.3, -0.25) is 14.7 Å². The number of ether oxygens (including phenoxy) is 1. The molecule has 1 N–H and O–H groups in total. The number of rotatable bonds is 4. The fourth-order valence-electron chi connectivity index (χ4n) is 4.50. The molecule has 3 aromatic rings. The Balaban J connectivity index is 1.24. The average Bonchev–Trinajstić information content (AvgIpc) is 3.25. The second-order valence-corrected chi connectivity index (χ2v) is 9.44. The molecule has 0 aromatic carbocycles. The Labute approximate surface area is 185 Å². The molecule has 0 spiro atoms. The Morgan fingerprint density at radius 3 is 2.65 bits per heavy atom. The summed E-state index contributed by atoms with van der Waals surface area (Å²) < 4.78 is 5.46. The fraction of sp³-hybridized carbons (Fsp3) is 0.500. The Hall–Kier alpha value is -2.49. The predicted molar refractivity (Wildman–Crippen MR) is 120 cm³/mol. The third-order valence-electron chi connectivity index (χ3n) is 6.22. The number of amides is 1. The SMILES string of the molecule is Cc1nnc(-c2cnc3cnc(NC(=O)C4CCC(N5CCOCC5)CC4)cc3c2)s1. The smallest absolute Gasteiger partial charge is 0.228 e. The molecule has 2 aliphatic rings. The molecule has 4 heterocycles. The van der Waals surface area contributed by atoms with E-state index in [2.05, 4.69) is 30.4 Å². The highest BCUT2D eigenvalue weighted by Crippen LogP contribution is 2.30. The van der Waals surface area contributed by atoms with Crippen molar-refractivity contribution in [2.45, 2.75) is 38.6 Å². The fourth-order valence-corrected chi connectivity index (χ4v) is 5.18. The van der Waals surface area contributed by atoms with Gasteiger partial charge in [0.25, 0.3) is 0 Å². The van der Waals surface area contributed by atoms with E-state index < -0.39 is 0 Å². The van der Waals surface area contributed by atoms with Gasteiger partial charge in [-0.25, -0.2) is 4.98 Å². The summed E-state index contributed by atoms with van der Waals surface area (Å²) in [7, 11) is 0. The molecule has 1 amide bonds. The molecule has 8 nitrogen and oxygen atoms in total. The minimum absolute atomic E-state index is 0.0450. The predicted octanol–water partition coefficient (Wildman–Crippen LogP) is 3.29. The van der Waals surface area contributed by atoms with Crippen LogP contribution in [0.5, 0.6) is 0 Å². The second-order valence-electron chi connectivity index (χ2n) is 8.26. The van der Waals surface area contributed by atoms with Crippen molar-refractivity contribution < 1.29 is 9.53 Å². The van der Waals surface area contributed by atoms with Crippen LogP contribution in [0.4, 0.5) is 5.82 Å². The number of pyridine rings is 2. The van der Waals surface area contributed by atoms with E-state index >= 15 is 0 Å². The summed E-state index contributed by atoms with van der Waals surface area (Å²) in [5.41, 5.74) is 1.71. The van der Waals surface area contributed by atoms with E-state index in [4.69, 9.17) is 4.74 Å². The van der Waals surface area contributed by atoms with Crippen molar-refractivity contribution in [1.82, 2.24) is 25.1 Å². The summed E-state index contributed by atoms with van der Waals surface area (Å²) >= 11 is 1.54. The van der Waals surface area contributed by atoms with Crippen molar-refractivity contribution in [3.05, 3.63) is 29.5 Å². The Kier molecular flexibility index (Phi) is 5.89. The largest absolute Gasteiger partial charge is 0.379 e. The van der Waals surface area contributed by atoms with Crippen molar-refractivity contribution in [2.24, 2.45) is 5.92 Å². The number of hydrogen-bond donors (Lipinski definition) is 1. The third kappa shape index (κ3) is 4.58. The highest BCUT2D eigenvalue weighted by atomic mass is 32.1. The lowest BCUT2D eigenvalue weighted by molar-refractivity contribution is -0.121. The number of carbonyl (C=O) groups excluding carboxylic acids is 1. The minimum Gasteiger partial charge on any atom is -0.379 e. The zero-order chi connectivity index (χ0) is 21.2. The maximum Gasteiger partial charge on any atom is 0.228 e. The first-order valence-electron chi connectivity index (χ1n) is 10.8. The van der Waals surface area contributed by atoms with Crippen LogP contribution in [0.25, 0.3) is 21.5 Å². The first kappa shape index (κ1) is 20.4. The van der Waals surface area contributed by atoms with Crippen LogP contribution in [-0.2, 0) is 9.53 Å². The zero-order valence-electron chi connectivity index (χ0n) is 17.6. The molecule has 1 saturated heterocycles. The van der Waals surface area contributed by atoms with Gasteiger partial charge in [0.15, 0.2) is 0 Å². The number of nitrogens with one attached hydrogen (secondary N) is 1. The molecule has 162 valence electrons. The van der Waals surface area contributed by atoms with Crippen LogP contribution < -0.4 is 5.32 Å². The van der Waals surface area contributed by atoms with Crippen molar-refractivity contribution in [1.29, 1.82) is 0 Å². The Bertz CT molecular complexity index is 1070. The standard InChI is InChI=1S/C22H26N6O2S/c1-14-26-27-22(31-14)17-10-16-11-20(24-13-19(16)23-12-17)25-21(29)15-2-4-18(5-3-15)28-6-8-30-9-7-28/h10-13,15,18H,2-9H2,1H3,(H,24,25,29). The Morgan fingerprint density at radius 1 is 1.10 bits per heavy atom. The quantitative estimate of drug-likeness (QED) is 0.668. The number of morpholine rings is 1. The van der Waals surface area contributed by atoms with Crippen LogP contribution in [-0.4, -0.2) is 63.3 Å². The lowest BCUT2D eigenvalue weighted by atomic mass is 9.84. The van der Waals surface area contributed by atoms with Crippen molar-refractivity contribution in [3.8, 4) is 10.6 Å². The van der Waals surface area contributed by atoms with Crippen molar-refractivity contribution >= 4 is 34.0 Å². The number of fused-ring (bicyclic) bond motifs is 1. The second kappa shape index (κ2) is 8.94. The van der Waals surface area contributed by atoms with Crippen LogP contribution in [0.2, 0.25) is 0 Å². The number of hydrogen-bond acceptors (Lipinski definition) is 8. The lowest BCUT2D eigenvalue weighted by Crippen LogP contribution is -2.45. The number of anilines is 1. The molecular weight excluding hydrogens is 412 g/mol. The molecule has 0 bridgehead atoms. The maximum atomic E-state index is 12.9. The van der Waals surface area contributed by atoms with Crippen LogP contribution in [0.1, 0.15) is 30.7 Å². The normalized spacial score (nSPS) is 22.5. The van der Waals surface area contributed by atoms with E-state index in [0.717, 1.165) is 78.5 Å². The maximum absolute atomic E-state index is 12.9. The first-order valence-corrected chi connectivity index (χ1v) is 11.7. The average molecular weight is 439 g/mol. The van der Waals surface area contributed by atoms with Gasteiger partial charge >= 0.3 is 0 Å². The molecule has 3 aromatic heterocycles. The number of aromatic nitrogens is 4. The van der Waals surface area contributed by atoms with Crippen molar-refractivity contribution in [3.63, 3.8) is 0 Å². The summed E-state index contributed by atoms with van der Waals surface area (Å²) in [6.45, 7) is 5.60. The van der Waals surface area contributed by atoms with Gasteiger partial charge in [-0.05, 0) is 44.7 Å². The van der Waals surface area contributed by atoms with Gasteiger partial charge in [-0.15, -0.1) is 10.2 Å². The summed E-state index contributed by atoms with van der Waals surface area (Å²) in [6, 6.07) is 4.49. The molecule has 9 heteroatoms. The highest BCUT2D eigenvalue weighted by Gasteiger charge is 2.30. The van der Waals surface area contributed by atoms with E-state index in [-0.39, 0.29) is 11.8 Å². The molecule has 0 atom stereocenters. The summed E-state index contributed by atoms with van der Waals surface area (Å²) in [6.07, 6.45) is 7.47. The lowest BCUT2D eigenvalue weighted by Gasteiger charge is -2.38. The number of carbonyl (C=O) groups is 1. The van der Waals surface area contributed by atoms with Gasteiger partial charge < -0.3 is 10.1 Å².